The minimum absolute atomic E-state index is 0.151. The number of rotatable bonds is 6. The predicted molar refractivity (Wildman–Crippen MR) is 104 cm³/mol. The first-order chi connectivity index (χ1) is 12.6. The Morgan fingerprint density at radius 2 is 2.04 bits per heavy atom. The van der Waals surface area contributed by atoms with Crippen LogP contribution in [-0.4, -0.2) is 24.2 Å². The van der Waals surface area contributed by atoms with Crippen molar-refractivity contribution in [1.29, 1.82) is 0 Å². The molecule has 1 amide bonds. The van der Waals surface area contributed by atoms with Crippen LogP contribution in [0.4, 0.5) is 0 Å². The molecule has 5 nitrogen and oxygen atoms in total. The minimum Gasteiger partial charge on any atom is -0.493 e. The van der Waals surface area contributed by atoms with Crippen molar-refractivity contribution in [1.82, 2.24) is 4.57 Å². The number of nitrogens with zero attached hydrogens (tertiary/aromatic N) is 2. The molecular weight excluding hydrogens is 348 g/mol. The number of hydrogen-bond donors (Lipinski definition) is 0. The predicted octanol–water partition coefficient (Wildman–Crippen LogP) is 3.71. The molecule has 0 aliphatic carbocycles. The lowest BCUT2D eigenvalue weighted by molar-refractivity contribution is -0.120. The van der Waals surface area contributed by atoms with E-state index in [-0.39, 0.29) is 12.5 Å². The second kappa shape index (κ2) is 8.01. The summed E-state index contributed by atoms with van der Waals surface area (Å²) in [6.45, 7) is 6.27. The van der Waals surface area contributed by atoms with Gasteiger partial charge in [0.25, 0.3) is 5.91 Å². The number of fused-ring (bicyclic) bond motifs is 1. The Bertz CT molecular complexity index is 1020. The molecule has 2 aromatic carbocycles. The second-order valence-electron chi connectivity index (χ2n) is 5.70. The quantitative estimate of drug-likeness (QED) is 0.623. The van der Waals surface area contributed by atoms with Crippen LogP contribution in [0.5, 0.6) is 11.5 Å². The van der Waals surface area contributed by atoms with Gasteiger partial charge in [0.05, 0.1) is 17.3 Å². The maximum Gasteiger partial charge on any atom is 0.286 e. The molecule has 0 aliphatic rings. The summed E-state index contributed by atoms with van der Waals surface area (Å²) in [5, 5.41) is 0. The minimum atomic E-state index is -0.350. The average molecular weight is 368 g/mol. The van der Waals surface area contributed by atoms with Crippen molar-refractivity contribution in [3.8, 4) is 11.5 Å². The van der Waals surface area contributed by atoms with Gasteiger partial charge >= 0.3 is 0 Å². The van der Waals surface area contributed by atoms with E-state index in [1.54, 1.807) is 25.3 Å². The summed E-state index contributed by atoms with van der Waals surface area (Å²) in [6.07, 6.45) is 1.79. The maximum absolute atomic E-state index is 12.3. The van der Waals surface area contributed by atoms with E-state index in [4.69, 9.17) is 9.47 Å². The fourth-order valence-electron chi connectivity index (χ4n) is 2.59. The molecule has 0 saturated carbocycles. The first-order valence-electron chi connectivity index (χ1n) is 8.16. The summed E-state index contributed by atoms with van der Waals surface area (Å²) in [4.78, 5) is 17.2. The highest BCUT2D eigenvalue weighted by atomic mass is 32.1. The molecule has 0 unspecified atom stereocenters. The number of para-hydroxylation sites is 2. The van der Waals surface area contributed by atoms with Crippen molar-refractivity contribution >= 4 is 27.5 Å². The number of ether oxygens (including phenoxy) is 2. The van der Waals surface area contributed by atoms with Gasteiger partial charge in [-0.05, 0) is 36.8 Å². The van der Waals surface area contributed by atoms with Crippen molar-refractivity contribution in [2.45, 2.75) is 13.5 Å². The van der Waals surface area contributed by atoms with E-state index in [0.29, 0.717) is 22.8 Å². The summed E-state index contributed by atoms with van der Waals surface area (Å²) in [5.74, 6) is 0.751. The molecule has 0 atom stereocenters. The highest BCUT2D eigenvalue weighted by Crippen LogP contribution is 2.25. The third-order valence-electron chi connectivity index (χ3n) is 3.79. The lowest BCUT2D eigenvalue weighted by atomic mass is 10.2. The summed E-state index contributed by atoms with van der Waals surface area (Å²) >= 11 is 1.48. The summed E-state index contributed by atoms with van der Waals surface area (Å²) in [7, 11) is 1.56. The Kier molecular flexibility index (Phi) is 5.53. The molecule has 1 heterocycles. The molecule has 0 saturated heterocycles. The SMILES string of the molecule is C=CCn1c(=NC(=O)COc2ccccc2OC)sc2cc(C)ccc21. The zero-order chi connectivity index (χ0) is 18.5. The second-order valence-corrected chi connectivity index (χ2v) is 6.71. The number of allylic oxidation sites excluding steroid dienone is 1. The summed E-state index contributed by atoms with van der Waals surface area (Å²) < 4.78 is 13.8. The van der Waals surface area contributed by atoms with Gasteiger partial charge in [-0.25, -0.2) is 0 Å². The molecule has 0 aliphatic heterocycles. The van der Waals surface area contributed by atoms with Crippen LogP contribution in [0.1, 0.15) is 5.56 Å². The van der Waals surface area contributed by atoms with Gasteiger partial charge in [0, 0.05) is 6.54 Å². The molecule has 6 heteroatoms. The first-order valence-corrected chi connectivity index (χ1v) is 8.98. The highest BCUT2D eigenvalue weighted by Gasteiger charge is 2.09. The van der Waals surface area contributed by atoms with Crippen LogP contribution >= 0.6 is 11.3 Å². The lowest BCUT2D eigenvalue weighted by Gasteiger charge is -2.08. The van der Waals surface area contributed by atoms with Gasteiger partial charge < -0.3 is 14.0 Å². The van der Waals surface area contributed by atoms with Gasteiger partial charge in [0.1, 0.15) is 0 Å². The number of carbonyl (C=O) groups is 1. The third-order valence-corrected chi connectivity index (χ3v) is 4.83. The summed E-state index contributed by atoms with van der Waals surface area (Å²) in [5.41, 5.74) is 2.21. The number of amides is 1. The smallest absolute Gasteiger partial charge is 0.286 e. The van der Waals surface area contributed by atoms with Gasteiger partial charge in [0.15, 0.2) is 22.9 Å². The van der Waals surface area contributed by atoms with Gasteiger partial charge in [-0.15, -0.1) is 6.58 Å². The van der Waals surface area contributed by atoms with Crippen LogP contribution in [0, 0.1) is 6.92 Å². The summed E-state index contributed by atoms with van der Waals surface area (Å²) in [6, 6.07) is 13.4. The number of hydrogen-bond acceptors (Lipinski definition) is 4. The van der Waals surface area contributed by atoms with E-state index in [0.717, 1.165) is 10.2 Å². The van der Waals surface area contributed by atoms with Gasteiger partial charge in [-0.2, -0.15) is 4.99 Å². The van der Waals surface area contributed by atoms with Gasteiger partial charge in [-0.1, -0.05) is 35.6 Å². The Labute approximate surface area is 155 Å². The van der Waals surface area contributed by atoms with E-state index < -0.39 is 0 Å². The van der Waals surface area contributed by atoms with Crippen LogP contribution < -0.4 is 14.3 Å². The monoisotopic (exact) mass is 368 g/mol. The molecule has 3 rings (SSSR count). The zero-order valence-corrected chi connectivity index (χ0v) is 15.6. The molecule has 1 aromatic heterocycles. The molecule has 134 valence electrons. The van der Waals surface area contributed by atoms with Crippen molar-refractivity contribution < 1.29 is 14.3 Å². The fraction of sp³-hybridized carbons (Fsp3) is 0.200. The van der Waals surface area contributed by atoms with E-state index in [2.05, 4.69) is 17.6 Å². The topological polar surface area (TPSA) is 52.8 Å². The van der Waals surface area contributed by atoms with Crippen molar-refractivity contribution in [3.05, 3.63) is 65.5 Å². The Morgan fingerprint density at radius 3 is 2.77 bits per heavy atom. The molecule has 26 heavy (non-hydrogen) atoms. The molecule has 3 aromatic rings. The fourth-order valence-corrected chi connectivity index (χ4v) is 3.74. The Balaban J connectivity index is 1.87. The Hall–Kier alpha value is -2.86. The van der Waals surface area contributed by atoms with E-state index in [9.17, 15) is 4.79 Å². The highest BCUT2D eigenvalue weighted by molar-refractivity contribution is 7.16. The van der Waals surface area contributed by atoms with Crippen molar-refractivity contribution in [2.24, 2.45) is 4.99 Å². The van der Waals surface area contributed by atoms with E-state index in [1.807, 2.05) is 35.8 Å². The molecule has 0 N–H and O–H groups in total. The van der Waals surface area contributed by atoms with E-state index >= 15 is 0 Å². The molecule has 0 fully saturated rings. The first kappa shape index (κ1) is 17.9. The van der Waals surface area contributed by atoms with Gasteiger partial charge in [0.2, 0.25) is 0 Å². The van der Waals surface area contributed by atoms with Crippen LogP contribution in [0.2, 0.25) is 0 Å². The van der Waals surface area contributed by atoms with E-state index in [1.165, 1.54) is 16.9 Å². The number of carbonyl (C=O) groups excluding carboxylic acids is 1. The third kappa shape index (κ3) is 3.86. The van der Waals surface area contributed by atoms with Crippen LogP contribution in [0.3, 0.4) is 0 Å². The molecular formula is C20H20N2O3S. The van der Waals surface area contributed by atoms with Crippen LogP contribution in [0.15, 0.2) is 60.1 Å². The average Bonchev–Trinajstić information content (AvgIpc) is 2.96. The Morgan fingerprint density at radius 1 is 1.27 bits per heavy atom. The molecule has 0 spiro atoms. The zero-order valence-electron chi connectivity index (χ0n) is 14.8. The van der Waals surface area contributed by atoms with Crippen molar-refractivity contribution in [3.63, 3.8) is 0 Å². The van der Waals surface area contributed by atoms with Crippen molar-refractivity contribution in [2.75, 3.05) is 13.7 Å². The number of aromatic nitrogens is 1. The normalized spacial score (nSPS) is 11.5. The number of methoxy groups -OCH3 is 1. The number of benzene rings is 2. The van der Waals surface area contributed by atoms with Crippen LogP contribution in [0.25, 0.3) is 10.2 Å². The standard InChI is InChI=1S/C20H20N2O3S/c1-4-11-22-15-10-9-14(2)12-18(15)26-20(22)21-19(23)13-25-17-8-6-5-7-16(17)24-3/h4-10,12H,1,11,13H2,2-3H3. The maximum atomic E-state index is 12.3. The van der Waals surface area contributed by atoms with Gasteiger partial charge in [-0.3, -0.25) is 4.79 Å². The number of thiazole rings is 1. The molecule has 0 bridgehead atoms. The largest absolute Gasteiger partial charge is 0.493 e. The molecule has 0 radical (unpaired) electrons. The lowest BCUT2D eigenvalue weighted by Crippen LogP contribution is -2.19. The van der Waals surface area contributed by atoms with Crippen LogP contribution in [-0.2, 0) is 11.3 Å². The number of aryl methyl sites for hydroxylation is 1.